The average Bonchev–Trinajstić information content (AvgIpc) is 2.88. The topological polar surface area (TPSA) is 104 Å². The van der Waals surface area contributed by atoms with E-state index < -0.39 is 0 Å². The van der Waals surface area contributed by atoms with Crippen LogP contribution in [0.1, 0.15) is 33.8 Å². The molecule has 5 rings (SSSR count). The lowest BCUT2D eigenvalue weighted by Crippen LogP contribution is -2.16. The smallest absolute Gasteiger partial charge is 0.256 e. The van der Waals surface area contributed by atoms with E-state index in [0.29, 0.717) is 52.8 Å². The van der Waals surface area contributed by atoms with Gasteiger partial charge in [0.05, 0.1) is 17.9 Å². The van der Waals surface area contributed by atoms with E-state index in [2.05, 4.69) is 22.9 Å². The number of aromatic nitrogens is 1. The predicted molar refractivity (Wildman–Crippen MR) is 132 cm³/mol. The number of amides is 1. The number of hydrogen-bond acceptors (Lipinski definition) is 6. The third kappa shape index (κ3) is 4.50. The normalized spacial score (nSPS) is 14.3. The van der Waals surface area contributed by atoms with Crippen molar-refractivity contribution in [2.45, 2.75) is 12.3 Å². The number of nitrogens with zero attached hydrogens (tertiary/aromatic N) is 2. The van der Waals surface area contributed by atoms with Gasteiger partial charge in [-0.25, -0.2) is 4.98 Å². The van der Waals surface area contributed by atoms with Gasteiger partial charge in [0.25, 0.3) is 5.91 Å². The van der Waals surface area contributed by atoms with Gasteiger partial charge >= 0.3 is 0 Å². The van der Waals surface area contributed by atoms with Crippen LogP contribution in [0.2, 0.25) is 0 Å². The van der Waals surface area contributed by atoms with E-state index in [0.717, 1.165) is 10.8 Å². The Morgan fingerprint density at radius 2 is 1.91 bits per heavy atom. The second-order valence-electron chi connectivity index (χ2n) is 8.18. The number of fused-ring (bicyclic) bond motifs is 2. The zero-order valence-corrected chi connectivity index (χ0v) is 18.7. The molecule has 1 atom stereocenters. The van der Waals surface area contributed by atoms with Gasteiger partial charge in [-0.3, -0.25) is 4.79 Å². The van der Waals surface area contributed by atoms with Crippen molar-refractivity contribution in [2.75, 3.05) is 11.9 Å². The minimum atomic E-state index is -0.297. The molecule has 0 bridgehead atoms. The number of benzene rings is 3. The van der Waals surface area contributed by atoms with E-state index in [4.69, 9.17) is 9.47 Å². The van der Waals surface area contributed by atoms with Crippen LogP contribution in [-0.4, -0.2) is 22.6 Å². The molecule has 7 heteroatoms. The first kappa shape index (κ1) is 22.0. The maximum absolute atomic E-state index is 12.7. The molecule has 0 aliphatic carbocycles. The van der Waals surface area contributed by atoms with Gasteiger partial charge in [-0.1, -0.05) is 30.8 Å². The number of anilines is 1. The summed E-state index contributed by atoms with van der Waals surface area (Å²) in [5, 5.41) is 24.3. The first-order chi connectivity index (χ1) is 17.0. The van der Waals surface area contributed by atoms with Gasteiger partial charge in [-0.05, 0) is 48.2 Å². The van der Waals surface area contributed by atoms with Gasteiger partial charge in [0.15, 0.2) is 0 Å². The summed E-state index contributed by atoms with van der Waals surface area (Å²) in [6.07, 6.45) is 2.31. The second kappa shape index (κ2) is 9.20. The summed E-state index contributed by atoms with van der Waals surface area (Å²) in [4.78, 5) is 17.0. The number of rotatable bonds is 5. The Labute approximate surface area is 201 Å². The summed E-state index contributed by atoms with van der Waals surface area (Å²) in [5.41, 5.74) is 1.46. The number of aliphatic hydroxyl groups excluding tert-OH is 1. The van der Waals surface area contributed by atoms with E-state index in [1.54, 1.807) is 42.6 Å². The summed E-state index contributed by atoms with van der Waals surface area (Å²) in [6.45, 7) is 4.06. The van der Waals surface area contributed by atoms with Crippen LogP contribution >= 0.6 is 0 Å². The lowest BCUT2D eigenvalue weighted by Gasteiger charge is -2.26. The van der Waals surface area contributed by atoms with Gasteiger partial charge in [-0.15, -0.1) is 0 Å². The molecular formula is C28H21N3O4. The summed E-state index contributed by atoms with van der Waals surface area (Å²) in [7, 11) is 0. The van der Waals surface area contributed by atoms with Crippen LogP contribution in [0.4, 0.5) is 5.82 Å². The molecule has 7 nitrogen and oxygen atoms in total. The van der Waals surface area contributed by atoms with Gasteiger partial charge in [0, 0.05) is 34.7 Å². The van der Waals surface area contributed by atoms with Gasteiger partial charge in [-0.2, -0.15) is 5.26 Å². The van der Waals surface area contributed by atoms with Crippen LogP contribution in [0.15, 0.2) is 85.3 Å². The standard InChI is InChI=1S/C28H21N3O4/c1-17(32)23-10-11-34-26-14-25(21(15-29)12-24(23)26)35-22-8-6-18(7-9-22)28(33)31-27-13-19-4-2-3-5-20(19)16-30-27/h2-9,12-14,16,23,32H,1,10-11H2,(H,30,31,33). The van der Waals surface area contributed by atoms with Crippen molar-refractivity contribution in [2.24, 2.45) is 0 Å². The molecular weight excluding hydrogens is 442 g/mol. The van der Waals surface area contributed by atoms with Crippen LogP contribution in [0, 0.1) is 11.3 Å². The fraction of sp³-hybridized carbons (Fsp3) is 0.107. The fourth-order valence-electron chi connectivity index (χ4n) is 4.08. The highest BCUT2D eigenvalue weighted by Gasteiger charge is 2.26. The average molecular weight is 463 g/mol. The van der Waals surface area contributed by atoms with Crippen LogP contribution in [0.25, 0.3) is 10.8 Å². The molecule has 0 saturated heterocycles. The maximum Gasteiger partial charge on any atom is 0.256 e. The maximum atomic E-state index is 12.7. The lowest BCUT2D eigenvalue weighted by atomic mass is 9.90. The highest BCUT2D eigenvalue weighted by atomic mass is 16.5. The zero-order chi connectivity index (χ0) is 24.4. The number of pyridine rings is 1. The molecule has 0 radical (unpaired) electrons. The van der Waals surface area contributed by atoms with Crippen molar-refractivity contribution in [1.29, 1.82) is 5.26 Å². The molecule has 1 aliphatic rings. The monoisotopic (exact) mass is 463 g/mol. The van der Waals surface area contributed by atoms with Crippen LogP contribution in [0.3, 0.4) is 0 Å². The minimum Gasteiger partial charge on any atom is -0.512 e. The minimum absolute atomic E-state index is 0.0415. The Morgan fingerprint density at radius 1 is 1.14 bits per heavy atom. The van der Waals surface area contributed by atoms with E-state index in [1.807, 2.05) is 30.3 Å². The quantitative estimate of drug-likeness (QED) is 0.347. The number of nitriles is 1. The van der Waals surface area contributed by atoms with E-state index in [-0.39, 0.29) is 17.6 Å². The second-order valence-corrected chi connectivity index (χ2v) is 8.18. The predicted octanol–water partition coefficient (Wildman–Crippen LogP) is 6.09. The van der Waals surface area contributed by atoms with Crippen molar-refractivity contribution in [1.82, 2.24) is 4.98 Å². The Morgan fingerprint density at radius 3 is 2.66 bits per heavy atom. The molecule has 1 unspecified atom stereocenters. The van der Waals surface area contributed by atoms with Crippen LogP contribution in [-0.2, 0) is 0 Å². The molecule has 35 heavy (non-hydrogen) atoms. The largest absolute Gasteiger partial charge is 0.512 e. The van der Waals surface area contributed by atoms with Crippen molar-refractivity contribution >= 4 is 22.5 Å². The summed E-state index contributed by atoms with van der Waals surface area (Å²) >= 11 is 0. The van der Waals surface area contributed by atoms with Crippen LogP contribution in [0.5, 0.6) is 17.2 Å². The lowest BCUT2D eigenvalue weighted by molar-refractivity contribution is 0.102. The van der Waals surface area contributed by atoms with E-state index >= 15 is 0 Å². The van der Waals surface area contributed by atoms with Gasteiger partial charge in [0.2, 0.25) is 0 Å². The van der Waals surface area contributed by atoms with Gasteiger partial charge < -0.3 is 19.9 Å². The van der Waals surface area contributed by atoms with Gasteiger partial charge in [0.1, 0.15) is 29.1 Å². The summed E-state index contributed by atoms with van der Waals surface area (Å²) in [6, 6.07) is 21.6. The molecule has 2 N–H and O–H groups in total. The highest BCUT2D eigenvalue weighted by Crippen LogP contribution is 2.41. The third-order valence-corrected chi connectivity index (χ3v) is 5.89. The Hall–Kier alpha value is -4.83. The Kier molecular flexibility index (Phi) is 5.78. The number of ether oxygens (including phenoxy) is 2. The summed E-state index contributed by atoms with van der Waals surface area (Å²) < 4.78 is 11.6. The first-order valence-electron chi connectivity index (χ1n) is 11.0. The number of nitrogens with one attached hydrogen (secondary N) is 1. The zero-order valence-electron chi connectivity index (χ0n) is 18.7. The van der Waals surface area contributed by atoms with Crippen molar-refractivity contribution in [3.63, 3.8) is 0 Å². The number of carbonyl (C=O) groups is 1. The molecule has 3 aromatic carbocycles. The van der Waals surface area contributed by atoms with Crippen molar-refractivity contribution in [3.8, 4) is 23.3 Å². The molecule has 172 valence electrons. The number of allylic oxidation sites excluding steroid dienone is 1. The molecule has 2 heterocycles. The number of carbonyl (C=O) groups excluding carboxylic acids is 1. The SMILES string of the molecule is C=C(O)C1CCOc2cc(Oc3ccc(C(=O)Nc4cc5ccccc5cn4)cc3)c(C#N)cc21. The Bertz CT molecular complexity index is 1490. The van der Waals surface area contributed by atoms with E-state index in [9.17, 15) is 15.2 Å². The highest BCUT2D eigenvalue weighted by molar-refractivity contribution is 6.04. The third-order valence-electron chi connectivity index (χ3n) is 5.89. The molecule has 1 amide bonds. The molecule has 0 saturated carbocycles. The van der Waals surface area contributed by atoms with Crippen molar-refractivity contribution < 1.29 is 19.4 Å². The molecule has 1 aromatic heterocycles. The molecule has 4 aromatic rings. The molecule has 0 spiro atoms. The fourth-order valence-corrected chi connectivity index (χ4v) is 4.08. The Balaban J connectivity index is 1.33. The van der Waals surface area contributed by atoms with E-state index in [1.165, 1.54) is 0 Å². The van der Waals surface area contributed by atoms with Crippen LogP contribution < -0.4 is 14.8 Å². The van der Waals surface area contributed by atoms with Crippen molar-refractivity contribution in [3.05, 3.63) is 102 Å². The summed E-state index contributed by atoms with van der Waals surface area (Å²) in [5.74, 6) is 1.26. The molecule has 0 fully saturated rings. The number of aliphatic hydroxyl groups is 1. The number of hydrogen-bond donors (Lipinski definition) is 2. The first-order valence-corrected chi connectivity index (χ1v) is 11.0. The molecule has 1 aliphatic heterocycles.